The summed E-state index contributed by atoms with van der Waals surface area (Å²) in [5, 5.41) is 10.2. The highest BCUT2D eigenvalue weighted by Gasteiger charge is 2.75. The molecule has 1 N–H and O–H groups in total. The van der Waals surface area contributed by atoms with Gasteiger partial charge in [0.15, 0.2) is 0 Å². The molecule has 3 heterocycles. The average molecular weight is 485 g/mol. The van der Waals surface area contributed by atoms with Crippen molar-refractivity contribution in [3.8, 4) is 0 Å². The number of aryl methyl sites for hydroxylation is 2. The molecule has 0 aromatic heterocycles. The molecule has 0 saturated carbocycles. The molecule has 1 spiro atoms. The number of carbonyl (C=O) groups excluding carboxylic acids is 3. The molecule has 2 amide bonds. The van der Waals surface area contributed by atoms with Gasteiger partial charge in [-0.2, -0.15) is 0 Å². The number of aliphatic hydroxyl groups is 1. The van der Waals surface area contributed by atoms with E-state index in [2.05, 4.69) is 6.58 Å². The second-order valence-corrected chi connectivity index (χ2v) is 9.78. The predicted octanol–water partition coefficient (Wildman–Crippen LogP) is 2.53. The molecule has 3 aliphatic heterocycles. The summed E-state index contributed by atoms with van der Waals surface area (Å²) in [5.74, 6) is -2.61. The van der Waals surface area contributed by atoms with Gasteiger partial charge >= 0.3 is 5.97 Å². The number of anilines is 1. The Labute approximate surface area is 206 Å². The van der Waals surface area contributed by atoms with Gasteiger partial charge in [-0.25, -0.2) is 0 Å². The molecule has 8 heteroatoms. The molecular weight excluding hydrogens is 448 g/mol. The normalized spacial score (nSPS) is 29.7. The van der Waals surface area contributed by atoms with Crippen molar-refractivity contribution < 1.29 is 29.0 Å². The molecule has 190 valence electrons. The molecule has 0 radical (unpaired) electrons. The Morgan fingerprint density at radius 3 is 2.60 bits per heavy atom. The number of esters is 1. The van der Waals surface area contributed by atoms with Crippen LogP contribution in [0, 0.1) is 25.7 Å². The summed E-state index contributed by atoms with van der Waals surface area (Å²) in [7, 11) is 0. The van der Waals surface area contributed by atoms with Crippen molar-refractivity contribution in [3.05, 3.63) is 42.0 Å². The van der Waals surface area contributed by atoms with Gasteiger partial charge in [0.2, 0.25) is 5.91 Å². The van der Waals surface area contributed by atoms with E-state index in [0.29, 0.717) is 19.3 Å². The zero-order valence-corrected chi connectivity index (χ0v) is 21.0. The minimum atomic E-state index is -1.13. The Balaban J connectivity index is 1.84. The highest BCUT2D eigenvalue weighted by atomic mass is 16.6. The van der Waals surface area contributed by atoms with Gasteiger partial charge in [-0.3, -0.25) is 14.4 Å². The summed E-state index contributed by atoms with van der Waals surface area (Å²) >= 11 is 0. The van der Waals surface area contributed by atoms with E-state index in [0.717, 1.165) is 16.8 Å². The zero-order chi connectivity index (χ0) is 25.5. The van der Waals surface area contributed by atoms with Gasteiger partial charge < -0.3 is 24.4 Å². The van der Waals surface area contributed by atoms with Crippen LogP contribution in [0.3, 0.4) is 0 Å². The number of benzene rings is 1. The molecule has 3 saturated heterocycles. The molecule has 2 bridgehead atoms. The molecule has 6 atom stereocenters. The van der Waals surface area contributed by atoms with Crippen LogP contribution in [0.1, 0.15) is 44.2 Å². The van der Waals surface area contributed by atoms with E-state index < -0.39 is 41.6 Å². The molecule has 1 aromatic rings. The third-order valence-electron chi connectivity index (χ3n) is 7.89. The largest absolute Gasteiger partial charge is 0.466 e. The summed E-state index contributed by atoms with van der Waals surface area (Å²) in [6.07, 6.45) is 2.74. The van der Waals surface area contributed by atoms with Crippen LogP contribution < -0.4 is 4.90 Å². The van der Waals surface area contributed by atoms with Crippen molar-refractivity contribution in [2.24, 2.45) is 11.8 Å². The Hall–Kier alpha value is -2.71. The molecular formula is C27H36N2O6. The molecule has 8 nitrogen and oxygen atoms in total. The van der Waals surface area contributed by atoms with Crippen LogP contribution >= 0.6 is 0 Å². The number of carbonyl (C=O) groups is 3. The first-order valence-corrected chi connectivity index (χ1v) is 12.5. The van der Waals surface area contributed by atoms with E-state index in [1.807, 2.05) is 39.0 Å². The fraction of sp³-hybridized carbons (Fsp3) is 0.593. The lowest BCUT2D eigenvalue weighted by Gasteiger charge is -2.39. The Kier molecular flexibility index (Phi) is 7.06. The summed E-state index contributed by atoms with van der Waals surface area (Å²) in [4.78, 5) is 44.5. The van der Waals surface area contributed by atoms with E-state index in [9.17, 15) is 19.5 Å². The Bertz CT molecular complexity index is 1000. The fourth-order valence-electron chi connectivity index (χ4n) is 6.48. The lowest BCUT2D eigenvalue weighted by atomic mass is 9.70. The maximum Gasteiger partial charge on any atom is 0.312 e. The standard InChI is InChI=1S/C27H36N2O6/c1-6-14-28(22-16(4)10-9-11-17(22)5)25(32)23-27-13-12-19(35-27)20(26(33)34-8-3)21(27)24(31)29(23)18(7-2)15-30/h6,9-11,18-21,23,30H,1,7-8,12-15H2,2-5H3/t18-,19+,20-,21-,23?,27?/m0/s1. The number of ether oxygens (including phenoxy) is 2. The van der Waals surface area contributed by atoms with Gasteiger partial charge in [0.25, 0.3) is 5.91 Å². The minimum absolute atomic E-state index is 0.204. The first-order chi connectivity index (χ1) is 16.8. The second-order valence-electron chi connectivity index (χ2n) is 9.78. The number of para-hydroxylation sites is 1. The summed E-state index contributed by atoms with van der Waals surface area (Å²) in [6, 6.07) is 4.31. The van der Waals surface area contributed by atoms with Gasteiger partial charge in [-0.05, 0) is 51.2 Å². The number of aliphatic hydroxyl groups excluding tert-OH is 1. The van der Waals surface area contributed by atoms with Gasteiger partial charge in [0.05, 0.1) is 37.2 Å². The van der Waals surface area contributed by atoms with Crippen molar-refractivity contribution in [1.29, 1.82) is 0 Å². The summed E-state index contributed by atoms with van der Waals surface area (Å²) in [5.41, 5.74) is 1.51. The maximum atomic E-state index is 14.5. The predicted molar refractivity (Wildman–Crippen MR) is 131 cm³/mol. The highest BCUT2D eigenvalue weighted by Crippen LogP contribution is 2.59. The van der Waals surface area contributed by atoms with Crippen LogP contribution in [0.5, 0.6) is 0 Å². The lowest BCUT2D eigenvalue weighted by molar-refractivity contribution is -0.155. The minimum Gasteiger partial charge on any atom is -0.466 e. The van der Waals surface area contributed by atoms with Gasteiger partial charge in [0, 0.05) is 12.2 Å². The van der Waals surface area contributed by atoms with Crippen LogP contribution in [0.15, 0.2) is 30.9 Å². The number of hydrogen-bond donors (Lipinski definition) is 1. The Morgan fingerprint density at radius 2 is 2.03 bits per heavy atom. The maximum absolute atomic E-state index is 14.5. The van der Waals surface area contributed by atoms with Gasteiger partial charge in [-0.1, -0.05) is 31.2 Å². The summed E-state index contributed by atoms with van der Waals surface area (Å²) < 4.78 is 11.8. The zero-order valence-electron chi connectivity index (χ0n) is 21.0. The van der Waals surface area contributed by atoms with Crippen molar-refractivity contribution in [1.82, 2.24) is 4.90 Å². The second kappa shape index (κ2) is 9.74. The van der Waals surface area contributed by atoms with E-state index in [1.54, 1.807) is 17.9 Å². The van der Waals surface area contributed by atoms with Crippen molar-refractivity contribution in [3.63, 3.8) is 0 Å². The number of fused-ring (bicyclic) bond motifs is 1. The molecule has 1 aromatic carbocycles. The van der Waals surface area contributed by atoms with Crippen LogP contribution in [0.25, 0.3) is 0 Å². The molecule has 3 aliphatic rings. The van der Waals surface area contributed by atoms with E-state index in [-0.39, 0.29) is 31.6 Å². The van der Waals surface area contributed by atoms with E-state index in [1.165, 1.54) is 4.90 Å². The van der Waals surface area contributed by atoms with Crippen LogP contribution in [-0.4, -0.2) is 71.3 Å². The molecule has 3 fully saturated rings. The Morgan fingerprint density at radius 1 is 1.34 bits per heavy atom. The highest BCUT2D eigenvalue weighted by molar-refractivity contribution is 6.05. The van der Waals surface area contributed by atoms with Crippen molar-refractivity contribution in [2.75, 3.05) is 24.7 Å². The summed E-state index contributed by atoms with van der Waals surface area (Å²) in [6.45, 7) is 11.5. The number of nitrogens with zero attached hydrogens (tertiary/aromatic N) is 2. The van der Waals surface area contributed by atoms with Crippen LogP contribution in [0.2, 0.25) is 0 Å². The lowest BCUT2D eigenvalue weighted by Crippen LogP contribution is -2.59. The van der Waals surface area contributed by atoms with Crippen LogP contribution in [-0.2, 0) is 23.9 Å². The van der Waals surface area contributed by atoms with Crippen LogP contribution in [0.4, 0.5) is 5.69 Å². The number of rotatable bonds is 9. The molecule has 0 aliphatic carbocycles. The molecule has 35 heavy (non-hydrogen) atoms. The van der Waals surface area contributed by atoms with Crippen molar-refractivity contribution >= 4 is 23.5 Å². The van der Waals surface area contributed by atoms with E-state index >= 15 is 0 Å². The van der Waals surface area contributed by atoms with Gasteiger partial charge in [0.1, 0.15) is 11.6 Å². The monoisotopic (exact) mass is 484 g/mol. The van der Waals surface area contributed by atoms with Gasteiger partial charge in [-0.15, -0.1) is 6.58 Å². The average Bonchev–Trinajstić information content (AvgIpc) is 3.47. The first kappa shape index (κ1) is 25.4. The molecule has 2 unspecified atom stereocenters. The topological polar surface area (TPSA) is 96.4 Å². The smallest absolute Gasteiger partial charge is 0.312 e. The third kappa shape index (κ3) is 3.78. The fourth-order valence-corrected chi connectivity index (χ4v) is 6.48. The SMILES string of the molecule is C=CCN(C(=O)C1N([C@@H](CC)CO)C(=O)[C@@H]2[C@@H](C(=O)OCC)[C@H]3CCC12O3)c1c(C)cccc1C. The quantitative estimate of drug-likeness (QED) is 0.428. The van der Waals surface area contributed by atoms with E-state index in [4.69, 9.17) is 9.47 Å². The molecule has 4 rings (SSSR count). The number of likely N-dealkylation sites (tertiary alicyclic amines) is 1. The first-order valence-electron chi connectivity index (χ1n) is 12.5. The third-order valence-corrected chi connectivity index (χ3v) is 7.89. The van der Waals surface area contributed by atoms with Crippen molar-refractivity contribution in [2.45, 2.75) is 70.7 Å². The number of hydrogen-bond acceptors (Lipinski definition) is 6. The number of amides is 2.